The maximum atomic E-state index is 2.37. The molecule has 2 atom stereocenters. The van der Waals surface area contributed by atoms with E-state index < -0.39 is 0 Å². The Labute approximate surface area is 84.1 Å². The van der Waals surface area contributed by atoms with Gasteiger partial charge in [-0.25, -0.2) is 0 Å². The predicted molar refractivity (Wildman–Crippen MR) is 59.8 cm³/mol. The molecule has 78 valence electrons. The van der Waals surface area contributed by atoms with E-state index in [-0.39, 0.29) is 0 Å². The van der Waals surface area contributed by atoms with E-state index >= 15 is 0 Å². The normalized spacial score (nSPS) is 29.5. The molecule has 13 heavy (non-hydrogen) atoms. The van der Waals surface area contributed by atoms with Gasteiger partial charge in [0.15, 0.2) is 0 Å². The minimum absolute atomic E-state index is 0.902. The molecule has 0 nitrogen and oxygen atoms in total. The molecule has 1 rings (SSSR count). The molecule has 0 aromatic carbocycles. The molecule has 0 radical (unpaired) electrons. The Morgan fingerprint density at radius 1 is 1.08 bits per heavy atom. The summed E-state index contributed by atoms with van der Waals surface area (Å²) in [5.74, 6) is 3.04. The zero-order valence-corrected chi connectivity index (χ0v) is 9.68. The molecule has 1 aliphatic carbocycles. The highest BCUT2D eigenvalue weighted by atomic mass is 14.3. The number of hydrogen-bond donors (Lipinski definition) is 0. The highest BCUT2D eigenvalue weighted by Crippen LogP contribution is 2.35. The van der Waals surface area contributed by atoms with Gasteiger partial charge >= 0.3 is 0 Å². The molecule has 0 N–H and O–H groups in total. The molecule has 1 fully saturated rings. The molecule has 2 unspecified atom stereocenters. The Morgan fingerprint density at radius 2 is 1.69 bits per heavy atom. The first kappa shape index (κ1) is 11.1. The van der Waals surface area contributed by atoms with Gasteiger partial charge in [-0.3, -0.25) is 0 Å². The second-order valence-electron chi connectivity index (χ2n) is 5.18. The van der Waals surface area contributed by atoms with Gasteiger partial charge in [0.2, 0.25) is 0 Å². The van der Waals surface area contributed by atoms with E-state index in [4.69, 9.17) is 0 Å². The van der Waals surface area contributed by atoms with Crippen LogP contribution in [-0.4, -0.2) is 0 Å². The fraction of sp³-hybridized carbons (Fsp3) is 1.00. The van der Waals surface area contributed by atoms with Crippen molar-refractivity contribution in [1.82, 2.24) is 0 Å². The summed E-state index contributed by atoms with van der Waals surface area (Å²) >= 11 is 0. The van der Waals surface area contributed by atoms with E-state index in [1.807, 2.05) is 0 Å². The first-order valence-corrected chi connectivity index (χ1v) is 6.24. The standard InChI is InChI=1S/C13H26/c1-4-12-7-5-6-8-13(12)10-9-11(2)3/h11-13H,4-10H2,1-3H3. The average Bonchev–Trinajstić information content (AvgIpc) is 2.15. The van der Waals surface area contributed by atoms with Gasteiger partial charge in [-0.2, -0.15) is 0 Å². The van der Waals surface area contributed by atoms with Crippen LogP contribution in [0.3, 0.4) is 0 Å². The molecule has 0 saturated heterocycles. The molecule has 0 amide bonds. The van der Waals surface area contributed by atoms with Crippen molar-refractivity contribution < 1.29 is 0 Å². The molecule has 0 bridgehead atoms. The molecular weight excluding hydrogens is 156 g/mol. The lowest BCUT2D eigenvalue weighted by Gasteiger charge is -2.31. The van der Waals surface area contributed by atoms with Gasteiger partial charge in [0.05, 0.1) is 0 Å². The van der Waals surface area contributed by atoms with Gasteiger partial charge in [0.25, 0.3) is 0 Å². The minimum Gasteiger partial charge on any atom is -0.0651 e. The minimum atomic E-state index is 0.902. The first-order valence-electron chi connectivity index (χ1n) is 6.24. The van der Waals surface area contributed by atoms with Crippen LogP contribution in [0.2, 0.25) is 0 Å². The van der Waals surface area contributed by atoms with E-state index in [9.17, 15) is 0 Å². The third-order valence-electron chi connectivity index (χ3n) is 3.71. The van der Waals surface area contributed by atoms with Crippen LogP contribution in [0.15, 0.2) is 0 Å². The highest BCUT2D eigenvalue weighted by molar-refractivity contribution is 4.74. The molecule has 0 spiro atoms. The van der Waals surface area contributed by atoms with Crippen molar-refractivity contribution in [2.75, 3.05) is 0 Å². The summed E-state index contributed by atoms with van der Waals surface area (Å²) in [5.41, 5.74) is 0. The zero-order chi connectivity index (χ0) is 9.68. The average molecular weight is 182 g/mol. The number of hydrogen-bond acceptors (Lipinski definition) is 0. The van der Waals surface area contributed by atoms with Crippen molar-refractivity contribution >= 4 is 0 Å². The van der Waals surface area contributed by atoms with Gasteiger partial charge in [0.1, 0.15) is 0 Å². The van der Waals surface area contributed by atoms with Crippen LogP contribution in [0.4, 0.5) is 0 Å². The van der Waals surface area contributed by atoms with Crippen molar-refractivity contribution in [2.24, 2.45) is 17.8 Å². The van der Waals surface area contributed by atoms with E-state index in [0.29, 0.717) is 0 Å². The monoisotopic (exact) mass is 182 g/mol. The van der Waals surface area contributed by atoms with E-state index in [2.05, 4.69) is 20.8 Å². The predicted octanol–water partition coefficient (Wildman–Crippen LogP) is 4.64. The summed E-state index contributed by atoms with van der Waals surface area (Å²) in [6.07, 6.45) is 10.4. The molecule has 0 aromatic rings. The van der Waals surface area contributed by atoms with Crippen LogP contribution < -0.4 is 0 Å². The third-order valence-corrected chi connectivity index (χ3v) is 3.71. The summed E-state index contributed by atoms with van der Waals surface area (Å²) in [7, 11) is 0. The molecule has 0 heterocycles. The van der Waals surface area contributed by atoms with Crippen molar-refractivity contribution in [1.29, 1.82) is 0 Å². The lowest BCUT2D eigenvalue weighted by atomic mass is 9.75. The van der Waals surface area contributed by atoms with Gasteiger partial charge in [-0.1, -0.05) is 59.3 Å². The fourth-order valence-corrected chi connectivity index (χ4v) is 2.75. The fourth-order valence-electron chi connectivity index (χ4n) is 2.75. The second kappa shape index (κ2) is 5.67. The summed E-state index contributed by atoms with van der Waals surface area (Å²) in [6, 6.07) is 0. The Bertz CT molecular complexity index is 126. The van der Waals surface area contributed by atoms with Crippen LogP contribution in [0.25, 0.3) is 0 Å². The Morgan fingerprint density at radius 3 is 2.23 bits per heavy atom. The van der Waals surface area contributed by atoms with Crippen LogP contribution in [-0.2, 0) is 0 Å². The van der Waals surface area contributed by atoms with E-state index in [0.717, 1.165) is 17.8 Å². The number of rotatable bonds is 4. The Balaban J connectivity index is 2.27. The highest BCUT2D eigenvalue weighted by Gasteiger charge is 2.22. The topological polar surface area (TPSA) is 0 Å². The molecule has 1 aliphatic rings. The maximum absolute atomic E-state index is 2.37. The van der Waals surface area contributed by atoms with E-state index in [1.165, 1.54) is 44.9 Å². The van der Waals surface area contributed by atoms with Crippen LogP contribution >= 0.6 is 0 Å². The molecule has 1 saturated carbocycles. The van der Waals surface area contributed by atoms with Crippen molar-refractivity contribution in [3.63, 3.8) is 0 Å². The van der Waals surface area contributed by atoms with Crippen molar-refractivity contribution in [2.45, 2.75) is 65.7 Å². The largest absolute Gasteiger partial charge is 0.0651 e. The Hall–Kier alpha value is 0. The zero-order valence-electron chi connectivity index (χ0n) is 9.68. The summed E-state index contributed by atoms with van der Waals surface area (Å²) in [6.45, 7) is 7.08. The molecule has 0 aliphatic heterocycles. The van der Waals surface area contributed by atoms with Gasteiger partial charge in [-0.15, -0.1) is 0 Å². The molecule has 0 aromatic heterocycles. The SMILES string of the molecule is CCC1CCCCC1CCC(C)C. The maximum Gasteiger partial charge on any atom is -0.0386 e. The summed E-state index contributed by atoms with van der Waals surface area (Å²) in [5, 5.41) is 0. The van der Waals surface area contributed by atoms with Gasteiger partial charge in [0, 0.05) is 0 Å². The Kier molecular flexibility index (Phi) is 4.83. The smallest absolute Gasteiger partial charge is 0.0386 e. The van der Waals surface area contributed by atoms with Crippen molar-refractivity contribution in [3.8, 4) is 0 Å². The molecule has 0 heteroatoms. The van der Waals surface area contributed by atoms with Gasteiger partial charge < -0.3 is 0 Å². The van der Waals surface area contributed by atoms with Crippen LogP contribution in [0.5, 0.6) is 0 Å². The molecular formula is C13H26. The lowest BCUT2D eigenvalue weighted by molar-refractivity contribution is 0.208. The van der Waals surface area contributed by atoms with Crippen molar-refractivity contribution in [3.05, 3.63) is 0 Å². The second-order valence-corrected chi connectivity index (χ2v) is 5.18. The summed E-state index contributed by atoms with van der Waals surface area (Å²) in [4.78, 5) is 0. The van der Waals surface area contributed by atoms with Gasteiger partial charge in [-0.05, 0) is 24.2 Å². The first-order chi connectivity index (χ1) is 6.24. The van der Waals surface area contributed by atoms with Crippen LogP contribution in [0.1, 0.15) is 65.7 Å². The van der Waals surface area contributed by atoms with E-state index in [1.54, 1.807) is 0 Å². The van der Waals surface area contributed by atoms with Crippen LogP contribution in [0, 0.1) is 17.8 Å². The third kappa shape index (κ3) is 3.70. The lowest BCUT2D eigenvalue weighted by Crippen LogP contribution is -2.19. The quantitative estimate of drug-likeness (QED) is 0.594. The summed E-state index contributed by atoms with van der Waals surface area (Å²) < 4.78 is 0.